The van der Waals surface area contributed by atoms with E-state index < -0.39 is 23.3 Å². The van der Waals surface area contributed by atoms with Crippen molar-refractivity contribution < 1.29 is 27.6 Å². The number of nitrogens with zero attached hydrogens (tertiary/aromatic N) is 3. The molecule has 34 heavy (non-hydrogen) atoms. The maximum absolute atomic E-state index is 13.4. The van der Waals surface area contributed by atoms with E-state index in [0.29, 0.717) is 44.5 Å². The lowest BCUT2D eigenvalue weighted by atomic mass is 9.90. The quantitative estimate of drug-likeness (QED) is 0.552. The average Bonchev–Trinajstić information content (AvgIpc) is 3.29. The van der Waals surface area contributed by atoms with Crippen LogP contribution in [-0.4, -0.2) is 51.9 Å². The van der Waals surface area contributed by atoms with E-state index in [-0.39, 0.29) is 30.6 Å². The van der Waals surface area contributed by atoms with Gasteiger partial charge in [-0.15, -0.1) is 0 Å². The van der Waals surface area contributed by atoms with Crippen molar-refractivity contribution in [2.45, 2.75) is 51.6 Å². The Hall–Kier alpha value is -3.17. The van der Waals surface area contributed by atoms with Crippen molar-refractivity contribution in [1.29, 1.82) is 0 Å². The molecule has 3 rings (SSSR count). The molecule has 0 saturated carbocycles. The molecule has 0 unspecified atom stereocenters. The maximum atomic E-state index is 13.4. The highest BCUT2D eigenvalue weighted by Crippen LogP contribution is 2.31. The van der Waals surface area contributed by atoms with Crippen LogP contribution in [0.4, 0.5) is 13.2 Å². The van der Waals surface area contributed by atoms with Crippen molar-refractivity contribution >= 4 is 17.6 Å². The van der Waals surface area contributed by atoms with E-state index in [2.05, 4.69) is 10.4 Å². The Labute approximate surface area is 196 Å². The van der Waals surface area contributed by atoms with Gasteiger partial charge >= 0.3 is 6.18 Å². The molecule has 2 heterocycles. The number of alkyl halides is 3. The predicted octanol–water partition coefficient (Wildman–Crippen LogP) is 4.01. The number of piperidine rings is 1. The smallest absolute Gasteiger partial charge is 0.352 e. The van der Waals surface area contributed by atoms with Gasteiger partial charge in [0.25, 0.3) is 5.91 Å². The van der Waals surface area contributed by atoms with Crippen LogP contribution in [0.1, 0.15) is 61.5 Å². The van der Waals surface area contributed by atoms with Gasteiger partial charge in [-0.2, -0.15) is 18.3 Å². The minimum atomic E-state index is -4.78. The van der Waals surface area contributed by atoms with Crippen molar-refractivity contribution in [3.8, 4) is 5.69 Å². The summed E-state index contributed by atoms with van der Waals surface area (Å²) in [6.07, 6.45) is -0.624. The van der Waals surface area contributed by atoms with Gasteiger partial charge in [0.1, 0.15) is 5.78 Å². The number of amides is 2. The third-order valence-corrected chi connectivity index (χ3v) is 5.90. The number of aromatic nitrogens is 2. The molecule has 2 amide bonds. The summed E-state index contributed by atoms with van der Waals surface area (Å²) in [6.45, 7) is 3.16. The van der Waals surface area contributed by atoms with Crippen LogP contribution >= 0.6 is 0 Å². The zero-order chi connectivity index (χ0) is 24.7. The molecule has 0 aliphatic carbocycles. The maximum Gasteiger partial charge on any atom is 0.435 e. The number of Topliss-reactive ketones (excluding diaryl/α,β-unsaturated/α-hetero) is 1. The summed E-state index contributed by atoms with van der Waals surface area (Å²) in [7, 11) is 0. The molecule has 1 fully saturated rings. The molecular formula is C24H29F3N4O3. The first-order chi connectivity index (χ1) is 16.2. The molecular weight excluding hydrogens is 449 g/mol. The number of para-hydroxylation sites is 1. The molecule has 1 aliphatic rings. The number of halogens is 3. The van der Waals surface area contributed by atoms with Gasteiger partial charge in [-0.05, 0) is 37.8 Å². The molecule has 184 valence electrons. The van der Waals surface area contributed by atoms with E-state index in [1.807, 2.05) is 6.92 Å². The monoisotopic (exact) mass is 478 g/mol. The number of benzene rings is 1. The van der Waals surface area contributed by atoms with Gasteiger partial charge in [0.15, 0.2) is 5.69 Å². The fourth-order valence-electron chi connectivity index (χ4n) is 4.05. The second-order valence-corrected chi connectivity index (χ2v) is 8.40. The molecule has 1 aromatic carbocycles. The van der Waals surface area contributed by atoms with Crippen LogP contribution in [0.15, 0.2) is 36.5 Å². The second kappa shape index (κ2) is 11.3. The third kappa shape index (κ3) is 6.45. The van der Waals surface area contributed by atoms with Gasteiger partial charge in [-0.3, -0.25) is 14.4 Å². The van der Waals surface area contributed by atoms with E-state index >= 15 is 0 Å². The van der Waals surface area contributed by atoms with Gasteiger partial charge in [-0.25, -0.2) is 4.68 Å². The van der Waals surface area contributed by atoms with Gasteiger partial charge in [0.05, 0.1) is 11.3 Å². The molecule has 2 aromatic rings. The number of carbonyl (C=O) groups excluding carboxylic acids is 3. The Morgan fingerprint density at radius 2 is 1.76 bits per heavy atom. The van der Waals surface area contributed by atoms with Gasteiger partial charge in [-0.1, -0.05) is 25.1 Å². The van der Waals surface area contributed by atoms with Gasteiger partial charge in [0.2, 0.25) is 5.91 Å². The number of hydrogen-bond acceptors (Lipinski definition) is 4. The molecule has 1 N–H and O–H groups in total. The number of carbonyl (C=O) groups is 3. The van der Waals surface area contributed by atoms with E-state index in [0.717, 1.165) is 17.3 Å². The lowest BCUT2D eigenvalue weighted by Crippen LogP contribution is -2.40. The Morgan fingerprint density at radius 1 is 1.09 bits per heavy atom. The van der Waals surface area contributed by atoms with Crippen LogP contribution in [-0.2, 0) is 15.8 Å². The van der Waals surface area contributed by atoms with Crippen molar-refractivity contribution in [1.82, 2.24) is 20.0 Å². The number of ketones is 1. The Bertz CT molecular complexity index is 997. The average molecular weight is 479 g/mol. The highest BCUT2D eigenvalue weighted by molar-refractivity contribution is 5.95. The van der Waals surface area contributed by atoms with Crippen molar-refractivity contribution in [2.75, 3.05) is 19.6 Å². The van der Waals surface area contributed by atoms with Crippen LogP contribution in [0.2, 0.25) is 0 Å². The van der Waals surface area contributed by atoms with E-state index in [1.165, 1.54) is 0 Å². The zero-order valence-electron chi connectivity index (χ0n) is 19.1. The minimum absolute atomic E-state index is 0.0599. The largest absolute Gasteiger partial charge is 0.435 e. The summed E-state index contributed by atoms with van der Waals surface area (Å²) >= 11 is 0. The number of rotatable bonds is 9. The first kappa shape index (κ1) is 25.5. The van der Waals surface area contributed by atoms with Crippen molar-refractivity contribution in [3.63, 3.8) is 0 Å². The molecule has 1 aromatic heterocycles. The zero-order valence-corrected chi connectivity index (χ0v) is 19.1. The SMILES string of the molecule is CCCC(=O)N1CCC(C(=O)CCCNC(=O)c2cn(-c3ccccc3)nc2C(F)(F)F)CC1. The number of nitrogens with one attached hydrogen (secondary N) is 1. The fourth-order valence-corrected chi connectivity index (χ4v) is 4.05. The molecule has 1 aliphatic heterocycles. The molecule has 10 heteroatoms. The van der Waals surface area contributed by atoms with E-state index in [4.69, 9.17) is 0 Å². The predicted molar refractivity (Wildman–Crippen MR) is 119 cm³/mol. The third-order valence-electron chi connectivity index (χ3n) is 5.90. The lowest BCUT2D eigenvalue weighted by molar-refractivity contribution is -0.141. The van der Waals surface area contributed by atoms with E-state index in [1.54, 1.807) is 35.2 Å². The normalized spacial score (nSPS) is 14.8. The summed E-state index contributed by atoms with van der Waals surface area (Å²) in [5.41, 5.74) is -1.42. The Balaban J connectivity index is 1.50. The number of hydrogen-bond donors (Lipinski definition) is 1. The molecule has 7 nitrogen and oxygen atoms in total. The second-order valence-electron chi connectivity index (χ2n) is 8.40. The fraction of sp³-hybridized carbons (Fsp3) is 0.500. The first-order valence-electron chi connectivity index (χ1n) is 11.5. The molecule has 0 spiro atoms. The van der Waals surface area contributed by atoms with Crippen molar-refractivity contribution in [2.24, 2.45) is 5.92 Å². The Kier molecular flexibility index (Phi) is 8.46. The molecule has 0 bridgehead atoms. The van der Waals surface area contributed by atoms with Crippen LogP contribution in [0.25, 0.3) is 5.69 Å². The summed E-state index contributed by atoms with van der Waals surface area (Å²) < 4.78 is 41.3. The standard InChI is InChI=1S/C24H29F3N4O3/c1-2-7-21(33)30-14-11-17(12-15-30)20(32)10-6-13-28-23(34)19-16-31(18-8-4-3-5-9-18)29-22(19)24(25,26)27/h3-5,8-9,16-17H,2,6-7,10-15H2,1H3,(H,28,34). The van der Waals surface area contributed by atoms with Crippen molar-refractivity contribution in [3.05, 3.63) is 47.8 Å². The Morgan fingerprint density at radius 3 is 2.38 bits per heavy atom. The minimum Gasteiger partial charge on any atom is -0.352 e. The summed E-state index contributed by atoms with van der Waals surface area (Å²) in [4.78, 5) is 38.7. The lowest BCUT2D eigenvalue weighted by Gasteiger charge is -2.31. The molecule has 0 atom stereocenters. The van der Waals surface area contributed by atoms with Crippen LogP contribution in [0.3, 0.4) is 0 Å². The molecule has 1 saturated heterocycles. The highest BCUT2D eigenvalue weighted by atomic mass is 19.4. The van der Waals surface area contributed by atoms with Crippen LogP contribution in [0.5, 0.6) is 0 Å². The highest BCUT2D eigenvalue weighted by Gasteiger charge is 2.39. The first-order valence-corrected chi connectivity index (χ1v) is 11.5. The van der Waals surface area contributed by atoms with Crippen LogP contribution in [0, 0.1) is 5.92 Å². The van der Waals surface area contributed by atoms with E-state index in [9.17, 15) is 27.6 Å². The van der Waals surface area contributed by atoms with Gasteiger partial charge in [0, 0.05) is 44.6 Å². The molecule has 0 radical (unpaired) electrons. The summed E-state index contributed by atoms with van der Waals surface area (Å²) in [5.74, 6) is -0.832. The topological polar surface area (TPSA) is 84.3 Å². The summed E-state index contributed by atoms with van der Waals surface area (Å²) in [6, 6.07) is 8.22. The van der Waals surface area contributed by atoms with Gasteiger partial charge < -0.3 is 10.2 Å². The summed E-state index contributed by atoms with van der Waals surface area (Å²) in [5, 5.41) is 6.04. The van der Waals surface area contributed by atoms with Crippen LogP contribution < -0.4 is 5.32 Å². The number of likely N-dealkylation sites (tertiary alicyclic amines) is 1.